The van der Waals surface area contributed by atoms with Gasteiger partial charge in [-0.05, 0) is 75.8 Å². The first-order valence-corrected chi connectivity index (χ1v) is 19.2. The maximum Gasteiger partial charge on any atom is 0.180 e. The molecule has 0 radical (unpaired) electrons. The number of nitrogens with zero attached hydrogens (tertiary/aromatic N) is 3. The van der Waals surface area contributed by atoms with Crippen molar-refractivity contribution in [2.24, 2.45) is 0 Å². The highest BCUT2D eigenvalue weighted by molar-refractivity contribution is 6.33. The average molecular weight is 728 g/mol. The van der Waals surface area contributed by atoms with E-state index in [2.05, 4.69) is 156 Å². The largest absolute Gasteiger partial charge is 0.456 e. The lowest BCUT2D eigenvalue weighted by Gasteiger charge is -2.15. The molecule has 0 saturated heterocycles. The molecule has 264 valence electrons. The minimum Gasteiger partial charge on any atom is -0.456 e. The second-order valence-electron chi connectivity index (χ2n) is 14.9. The monoisotopic (exact) mass is 727 g/mol. The summed E-state index contributed by atoms with van der Waals surface area (Å²) in [7, 11) is 0. The Morgan fingerprint density at radius 1 is 0.386 bits per heavy atom. The summed E-state index contributed by atoms with van der Waals surface area (Å²) in [6.07, 6.45) is 0. The Morgan fingerprint density at radius 3 is 1.70 bits per heavy atom. The molecule has 0 spiro atoms. The predicted molar refractivity (Wildman–Crippen MR) is 233 cm³/mol. The van der Waals surface area contributed by atoms with Gasteiger partial charge in [0.05, 0.1) is 16.7 Å². The van der Waals surface area contributed by atoms with E-state index in [1.54, 1.807) is 0 Å². The van der Waals surface area contributed by atoms with Crippen LogP contribution in [0, 0.1) is 0 Å². The Kier molecular flexibility index (Phi) is 6.10. The number of benzene rings is 9. The van der Waals surface area contributed by atoms with Crippen LogP contribution in [0.5, 0.6) is 0 Å². The fourth-order valence-electron chi connectivity index (χ4n) is 9.26. The van der Waals surface area contributed by atoms with Crippen molar-refractivity contribution >= 4 is 87.4 Å². The molecule has 0 aliphatic carbocycles. The van der Waals surface area contributed by atoms with Crippen molar-refractivity contribution in [3.05, 3.63) is 176 Å². The number of hydrogen-bond donors (Lipinski definition) is 0. The SMILES string of the molecule is c1ccc(-c2ccc(-c3nc(-c4ccc(-n5c6ccc7cccc8oc9cccc%10ccc5c(c%109)c6c78)c5ccccc45)nc4c3oc3ccccc34)cc2)cc1. The second kappa shape index (κ2) is 11.4. The first-order valence-electron chi connectivity index (χ1n) is 19.2. The van der Waals surface area contributed by atoms with Crippen molar-refractivity contribution in [2.45, 2.75) is 0 Å². The van der Waals surface area contributed by atoms with Crippen LogP contribution in [0.25, 0.3) is 127 Å². The van der Waals surface area contributed by atoms with Crippen molar-refractivity contribution in [2.75, 3.05) is 0 Å². The number of rotatable bonds is 4. The Bertz CT molecular complexity index is 3640. The van der Waals surface area contributed by atoms with Gasteiger partial charge < -0.3 is 13.4 Å². The van der Waals surface area contributed by atoms with Crippen LogP contribution in [0.4, 0.5) is 0 Å². The van der Waals surface area contributed by atoms with Crippen molar-refractivity contribution in [3.63, 3.8) is 0 Å². The minimum atomic E-state index is 0.652. The summed E-state index contributed by atoms with van der Waals surface area (Å²) in [5.74, 6) is 0.652. The fourth-order valence-corrected chi connectivity index (χ4v) is 9.26. The van der Waals surface area contributed by atoms with E-state index in [1.165, 1.54) is 16.3 Å². The van der Waals surface area contributed by atoms with Gasteiger partial charge in [0.2, 0.25) is 0 Å². The number of para-hydroxylation sites is 1. The van der Waals surface area contributed by atoms with Gasteiger partial charge in [-0.1, -0.05) is 127 Å². The Hall–Kier alpha value is -7.76. The van der Waals surface area contributed by atoms with Crippen molar-refractivity contribution in [1.29, 1.82) is 0 Å². The van der Waals surface area contributed by atoms with Crippen LogP contribution in [0.2, 0.25) is 0 Å². The second-order valence-corrected chi connectivity index (χ2v) is 14.9. The van der Waals surface area contributed by atoms with E-state index < -0.39 is 0 Å². The molecule has 13 aromatic rings. The molecule has 0 atom stereocenters. The van der Waals surface area contributed by atoms with E-state index in [9.17, 15) is 0 Å². The number of hydrogen-bond acceptors (Lipinski definition) is 4. The summed E-state index contributed by atoms with van der Waals surface area (Å²) in [6, 6.07) is 61.8. The van der Waals surface area contributed by atoms with Crippen LogP contribution in [0.1, 0.15) is 0 Å². The zero-order valence-electron chi connectivity index (χ0n) is 30.4. The van der Waals surface area contributed by atoms with Gasteiger partial charge >= 0.3 is 0 Å². The van der Waals surface area contributed by atoms with Gasteiger partial charge in [0.1, 0.15) is 28.0 Å². The number of furan rings is 1. The zero-order chi connectivity index (χ0) is 37.2. The van der Waals surface area contributed by atoms with E-state index in [4.69, 9.17) is 18.8 Å². The normalized spacial score (nSPS) is 12.2. The van der Waals surface area contributed by atoms with E-state index in [0.717, 1.165) is 99.1 Å². The first kappa shape index (κ1) is 30.6. The van der Waals surface area contributed by atoms with Gasteiger partial charge in [0, 0.05) is 43.4 Å². The maximum atomic E-state index is 6.68. The zero-order valence-corrected chi connectivity index (χ0v) is 30.4. The highest BCUT2D eigenvalue weighted by Gasteiger charge is 2.24. The summed E-state index contributed by atoms with van der Waals surface area (Å²) >= 11 is 0. The van der Waals surface area contributed by atoms with Gasteiger partial charge in [-0.25, -0.2) is 9.97 Å². The third-order valence-electron chi connectivity index (χ3n) is 11.8. The molecule has 0 saturated carbocycles. The highest BCUT2D eigenvalue weighted by Crippen LogP contribution is 2.46. The van der Waals surface area contributed by atoms with Gasteiger partial charge in [-0.3, -0.25) is 0 Å². The molecule has 13 rings (SSSR count). The van der Waals surface area contributed by atoms with Crippen LogP contribution >= 0.6 is 0 Å². The van der Waals surface area contributed by atoms with Crippen LogP contribution in [-0.2, 0) is 0 Å². The van der Waals surface area contributed by atoms with Crippen LogP contribution in [0.3, 0.4) is 0 Å². The average Bonchev–Trinajstić information content (AvgIpc) is 3.77. The smallest absolute Gasteiger partial charge is 0.180 e. The van der Waals surface area contributed by atoms with Gasteiger partial charge in [0.15, 0.2) is 11.4 Å². The standard InChI is InChI=1S/C52H29N3O2/c1-2-10-30(11-3-1)31-20-22-34(23-21-31)49-51-50(38-16-6-7-17-42(38)57-51)54-52(53-49)37-26-29-39(36-15-5-4-14-35(36)37)55-40-27-24-32-12-8-18-43-45(32)47(40)48-41(55)28-25-33-13-9-19-44(56-43)46(33)48/h1-29H. The molecule has 0 bridgehead atoms. The quantitative estimate of drug-likeness (QED) is 0.181. The number of fused-ring (bicyclic) bond motifs is 4. The molecule has 0 amide bonds. The summed E-state index contributed by atoms with van der Waals surface area (Å²) in [5.41, 5.74) is 12.4. The molecule has 5 heteroatoms. The molecule has 0 N–H and O–H groups in total. The van der Waals surface area contributed by atoms with Crippen LogP contribution < -0.4 is 0 Å². The first-order chi connectivity index (χ1) is 28.3. The van der Waals surface area contributed by atoms with Crippen LogP contribution in [-0.4, -0.2) is 14.5 Å². The third kappa shape index (κ3) is 4.28. The molecule has 0 aliphatic rings. The summed E-state index contributed by atoms with van der Waals surface area (Å²) < 4.78 is 15.6. The molecule has 9 aromatic carbocycles. The molecule has 0 fully saturated rings. The highest BCUT2D eigenvalue weighted by atomic mass is 16.3. The van der Waals surface area contributed by atoms with Crippen molar-refractivity contribution in [1.82, 2.24) is 14.5 Å². The molecular weight excluding hydrogens is 699 g/mol. The topological polar surface area (TPSA) is 57.0 Å². The summed E-state index contributed by atoms with van der Waals surface area (Å²) in [6.45, 7) is 0. The lowest BCUT2D eigenvalue weighted by atomic mass is 10.00. The molecule has 4 heterocycles. The molecule has 4 aromatic heterocycles. The minimum absolute atomic E-state index is 0.652. The lowest BCUT2D eigenvalue weighted by Crippen LogP contribution is -1.99. The molecule has 5 nitrogen and oxygen atoms in total. The van der Waals surface area contributed by atoms with Crippen LogP contribution in [0.15, 0.2) is 185 Å². The van der Waals surface area contributed by atoms with Gasteiger partial charge in [-0.2, -0.15) is 0 Å². The van der Waals surface area contributed by atoms with Crippen molar-refractivity contribution in [3.8, 4) is 39.5 Å². The molecule has 0 aliphatic heterocycles. The number of aromatic nitrogens is 3. The summed E-state index contributed by atoms with van der Waals surface area (Å²) in [4.78, 5) is 10.6. The molecular formula is C52H29N3O2. The van der Waals surface area contributed by atoms with Crippen molar-refractivity contribution < 1.29 is 8.83 Å². The van der Waals surface area contributed by atoms with Gasteiger partial charge in [-0.15, -0.1) is 0 Å². The Balaban J connectivity index is 1.07. The summed E-state index contributed by atoms with van der Waals surface area (Å²) in [5, 5.41) is 10.2. The molecule has 0 unspecified atom stereocenters. The van der Waals surface area contributed by atoms with E-state index in [1.807, 2.05) is 24.3 Å². The predicted octanol–water partition coefficient (Wildman–Crippen LogP) is 14.1. The van der Waals surface area contributed by atoms with Gasteiger partial charge in [0.25, 0.3) is 0 Å². The maximum absolute atomic E-state index is 6.68. The fraction of sp³-hybridized carbons (Fsp3) is 0. The van der Waals surface area contributed by atoms with E-state index in [0.29, 0.717) is 11.4 Å². The third-order valence-corrected chi connectivity index (χ3v) is 11.8. The van der Waals surface area contributed by atoms with E-state index >= 15 is 0 Å². The molecule has 57 heavy (non-hydrogen) atoms. The lowest BCUT2D eigenvalue weighted by molar-refractivity contribution is 0.664. The Morgan fingerprint density at radius 2 is 0.982 bits per heavy atom. The Labute approximate surface area is 325 Å². The van der Waals surface area contributed by atoms with E-state index in [-0.39, 0.29) is 0 Å².